The van der Waals surface area contributed by atoms with Crippen LogP contribution >= 0.6 is 0 Å². The Hall–Kier alpha value is -1.72. The van der Waals surface area contributed by atoms with E-state index in [1.807, 2.05) is 33.5 Å². The Labute approximate surface area is 240 Å². The second kappa shape index (κ2) is 18.6. The van der Waals surface area contributed by atoms with Crippen LogP contribution in [0.4, 0.5) is 0 Å². The number of allylic oxidation sites excluding steroid dienone is 3. The van der Waals surface area contributed by atoms with E-state index < -0.39 is 16.6 Å². The summed E-state index contributed by atoms with van der Waals surface area (Å²) in [6.45, 7) is 20.1. The van der Waals surface area contributed by atoms with Gasteiger partial charge in [0.25, 0.3) is 5.97 Å². The third kappa shape index (κ3) is 16.2. The van der Waals surface area contributed by atoms with Crippen molar-refractivity contribution in [1.29, 1.82) is 0 Å². The summed E-state index contributed by atoms with van der Waals surface area (Å²) in [7, 11) is -3.60. The van der Waals surface area contributed by atoms with Crippen molar-refractivity contribution in [1.82, 2.24) is 0 Å². The molecule has 1 aliphatic carbocycles. The van der Waals surface area contributed by atoms with Gasteiger partial charge in [-0.2, -0.15) is 0 Å². The highest BCUT2D eigenvalue weighted by Gasteiger charge is 2.41. The zero-order valence-corrected chi connectivity index (χ0v) is 28.3. The fraction of sp³-hybridized carbons (Fsp3) is 0.767. The van der Waals surface area contributed by atoms with E-state index in [4.69, 9.17) is 18.5 Å². The lowest BCUT2D eigenvalue weighted by atomic mass is 9.90. The van der Waals surface area contributed by atoms with E-state index in [1.54, 1.807) is 0 Å². The average molecular weight is 581 g/mol. The maximum atomic E-state index is 12.0. The van der Waals surface area contributed by atoms with Gasteiger partial charge in [0.1, 0.15) is 13.2 Å². The fourth-order valence-electron chi connectivity index (χ4n) is 4.56. The molecule has 224 valence electrons. The maximum Gasteiger partial charge on any atom is 0.292 e. The first-order valence-electron chi connectivity index (χ1n) is 15.0. The number of unbranched alkanes of at least 4 members (excludes halogenated alkanes) is 3. The zero-order chi connectivity index (χ0) is 29.3. The van der Waals surface area contributed by atoms with Gasteiger partial charge in [0, 0.05) is 24.7 Å². The summed E-state index contributed by atoms with van der Waals surface area (Å²) in [5.74, 6) is 0.279. The van der Waals surface area contributed by atoms with Gasteiger partial charge >= 0.3 is 0 Å². The van der Waals surface area contributed by atoms with Gasteiger partial charge in [-0.15, -0.1) is 0 Å². The molecule has 9 heteroatoms. The predicted molar refractivity (Wildman–Crippen MR) is 168 cm³/mol. The number of carbonyl (C=O) groups is 1. The molecule has 0 heterocycles. The van der Waals surface area contributed by atoms with Crippen LogP contribution in [0.3, 0.4) is 0 Å². The fourth-order valence-corrected chi connectivity index (χ4v) is 6.49. The Balaban J connectivity index is 3.05. The molecule has 0 aromatic heterocycles. The van der Waals surface area contributed by atoms with Crippen LogP contribution in [-0.2, 0) is 23.3 Å². The van der Waals surface area contributed by atoms with Crippen LogP contribution in [0.15, 0.2) is 34.6 Å². The minimum Gasteiger partial charge on any atom is -0.520 e. The van der Waals surface area contributed by atoms with Gasteiger partial charge in [0.15, 0.2) is 8.32 Å². The van der Waals surface area contributed by atoms with E-state index in [9.17, 15) is 4.79 Å². The molecule has 7 nitrogen and oxygen atoms in total. The largest absolute Gasteiger partial charge is 0.520 e. The van der Waals surface area contributed by atoms with Crippen LogP contribution in [0.1, 0.15) is 78.6 Å². The minimum absolute atomic E-state index is 0.0610. The Bertz CT molecular complexity index is 828. The molecule has 0 amide bonds. The highest BCUT2D eigenvalue weighted by Crippen LogP contribution is 2.38. The van der Waals surface area contributed by atoms with Crippen LogP contribution < -0.4 is 0 Å². The highest BCUT2D eigenvalue weighted by molar-refractivity contribution is 6.71. The summed E-state index contributed by atoms with van der Waals surface area (Å²) in [4.78, 5) is 23.0. The van der Waals surface area contributed by atoms with Crippen molar-refractivity contribution in [3.05, 3.63) is 24.3 Å². The Kier molecular flexibility index (Phi) is 16.8. The van der Waals surface area contributed by atoms with Crippen molar-refractivity contribution < 1.29 is 23.3 Å². The van der Waals surface area contributed by atoms with Gasteiger partial charge in [-0.25, -0.2) is 0 Å². The number of hydrogen-bond donors (Lipinski definition) is 0. The Morgan fingerprint density at radius 3 is 2.26 bits per heavy atom. The minimum atomic E-state index is -1.82. The van der Waals surface area contributed by atoms with Gasteiger partial charge in [-0.05, 0) is 91.3 Å². The molecule has 3 atom stereocenters. The number of hydrogen-bond acceptors (Lipinski definition) is 7. The lowest BCUT2D eigenvalue weighted by Crippen LogP contribution is -2.34. The molecule has 1 fully saturated rings. The first-order valence-corrected chi connectivity index (χ1v) is 21.8. The molecular formula is C30H56N2O5Si2. The van der Waals surface area contributed by atoms with E-state index in [0.717, 1.165) is 49.9 Å². The number of oxime groups is 2. The molecule has 0 bridgehead atoms. The second-order valence-corrected chi connectivity index (χ2v) is 21.0. The molecule has 0 N–H and O–H groups in total. The summed E-state index contributed by atoms with van der Waals surface area (Å²) in [5.41, 5.74) is 2.04. The standard InChI is InChI=1S/C30H56N2O5Si2/c1-10-13-16-19-25(31-34-11-2)22-23-27-26(20-17-14-15-18-21-30(33)37-39(7,8)9)28(32-35-12-3)24-29(27)36-38(4,5)6/h14,17,22-23,26-27,29H,10-13,15-16,18-21,24H2,1-9H3/b17-14-,23-22+,31-25?,32-28+/t26-,27-,29-/m1/s1. The summed E-state index contributed by atoms with van der Waals surface area (Å²) < 4.78 is 12.2. The molecule has 0 radical (unpaired) electrons. The average Bonchev–Trinajstić information content (AvgIpc) is 3.14. The van der Waals surface area contributed by atoms with E-state index in [-0.39, 0.29) is 23.9 Å². The van der Waals surface area contributed by atoms with Gasteiger partial charge < -0.3 is 18.5 Å². The predicted octanol–water partition coefficient (Wildman–Crippen LogP) is 8.26. The molecule has 1 rings (SSSR count). The normalized spacial score (nSPS) is 21.8. The second-order valence-electron chi connectivity index (χ2n) is 12.2. The van der Waals surface area contributed by atoms with Gasteiger partial charge in [-0.1, -0.05) is 48.3 Å². The maximum absolute atomic E-state index is 12.0. The smallest absolute Gasteiger partial charge is 0.292 e. The lowest BCUT2D eigenvalue weighted by molar-refractivity contribution is -0.135. The summed E-state index contributed by atoms with van der Waals surface area (Å²) in [6.07, 6.45) is 17.0. The van der Waals surface area contributed by atoms with Crippen LogP contribution in [0.5, 0.6) is 0 Å². The lowest BCUT2D eigenvalue weighted by Gasteiger charge is -2.28. The Morgan fingerprint density at radius 1 is 0.923 bits per heavy atom. The molecule has 0 saturated heterocycles. The van der Waals surface area contributed by atoms with Crippen molar-refractivity contribution in [3.8, 4) is 0 Å². The third-order valence-corrected chi connectivity index (χ3v) is 7.98. The first-order chi connectivity index (χ1) is 18.4. The van der Waals surface area contributed by atoms with Crippen molar-refractivity contribution in [3.63, 3.8) is 0 Å². The third-order valence-electron chi connectivity index (χ3n) is 6.13. The van der Waals surface area contributed by atoms with Crippen molar-refractivity contribution in [2.45, 2.75) is 124 Å². The molecule has 0 aliphatic heterocycles. The summed E-state index contributed by atoms with van der Waals surface area (Å²) >= 11 is 0. The molecule has 0 aromatic rings. The van der Waals surface area contributed by atoms with Crippen LogP contribution in [0, 0.1) is 11.8 Å². The van der Waals surface area contributed by atoms with Crippen molar-refractivity contribution in [2.24, 2.45) is 22.1 Å². The van der Waals surface area contributed by atoms with E-state index in [1.165, 1.54) is 12.8 Å². The topological polar surface area (TPSA) is 78.7 Å². The summed E-state index contributed by atoms with van der Waals surface area (Å²) in [5, 5.41) is 8.93. The molecule has 1 aliphatic rings. The van der Waals surface area contributed by atoms with E-state index in [0.29, 0.717) is 19.6 Å². The van der Waals surface area contributed by atoms with Crippen LogP contribution in [-0.4, -0.2) is 53.3 Å². The van der Waals surface area contributed by atoms with E-state index in [2.05, 4.69) is 61.2 Å². The van der Waals surface area contributed by atoms with Gasteiger partial charge in [-0.3, -0.25) is 4.79 Å². The van der Waals surface area contributed by atoms with Crippen molar-refractivity contribution >= 4 is 34.0 Å². The van der Waals surface area contributed by atoms with Crippen LogP contribution in [0.2, 0.25) is 39.3 Å². The summed E-state index contributed by atoms with van der Waals surface area (Å²) in [6, 6.07) is 0. The number of rotatable bonds is 19. The molecule has 0 spiro atoms. The van der Waals surface area contributed by atoms with Crippen molar-refractivity contribution in [2.75, 3.05) is 13.2 Å². The SMILES string of the molecule is CCCCCC(/C=C/[C@H]1[C@H](O[Si](C)(C)C)C/C(=N\OCC)[C@@H]1C/C=C\CCCC(=O)O[Si](C)(C)C)=NOCC. The quantitative estimate of drug-likeness (QED) is 0.0505. The number of nitrogens with zero attached hydrogens (tertiary/aromatic N) is 2. The molecule has 0 aromatic carbocycles. The number of carbonyl (C=O) groups excluding carboxylic acids is 1. The van der Waals surface area contributed by atoms with E-state index >= 15 is 0 Å². The zero-order valence-electron chi connectivity index (χ0n) is 26.3. The molecular weight excluding hydrogens is 525 g/mol. The first kappa shape index (κ1) is 35.3. The monoisotopic (exact) mass is 580 g/mol. The molecule has 1 saturated carbocycles. The van der Waals surface area contributed by atoms with Gasteiger partial charge in [0.05, 0.1) is 17.5 Å². The highest BCUT2D eigenvalue weighted by atomic mass is 28.4. The molecule has 0 unspecified atom stereocenters. The molecule has 39 heavy (non-hydrogen) atoms. The Morgan fingerprint density at radius 2 is 1.64 bits per heavy atom. The van der Waals surface area contributed by atoms with Crippen LogP contribution in [0.25, 0.3) is 0 Å². The van der Waals surface area contributed by atoms with Gasteiger partial charge in [0.2, 0.25) is 8.32 Å².